The molecule has 3 rings (SSSR count). The molecule has 24 heavy (non-hydrogen) atoms. The van der Waals surface area contributed by atoms with Crippen molar-refractivity contribution in [1.29, 1.82) is 0 Å². The van der Waals surface area contributed by atoms with Crippen LogP contribution in [0.1, 0.15) is 23.1 Å². The van der Waals surface area contributed by atoms with Crippen molar-refractivity contribution in [2.75, 3.05) is 0 Å². The Balaban J connectivity index is 1.62. The summed E-state index contributed by atoms with van der Waals surface area (Å²) in [5, 5.41) is 0.864. The van der Waals surface area contributed by atoms with Crippen molar-refractivity contribution in [1.82, 2.24) is 4.98 Å². The maximum atomic E-state index is 12.1. The number of para-hydroxylation sites is 1. The first-order valence-corrected chi connectivity index (χ1v) is 8.33. The molecule has 1 aromatic heterocycles. The van der Waals surface area contributed by atoms with Crippen LogP contribution in [0.15, 0.2) is 54.6 Å². The summed E-state index contributed by atoms with van der Waals surface area (Å²) in [4.78, 5) is 28.1. The first-order chi connectivity index (χ1) is 11.6. The molecule has 0 aliphatic rings. The summed E-state index contributed by atoms with van der Waals surface area (Å²) in [7, 11) is 0. The van der Waals surface area contributed by atoms with Gasteiger partial charge in [0.25, 0.3) is 5.91 Å². The van der Waals surface area contributed by atoms with Crippen molar-refractivity contribution < 1.29 is 14.3 Å². The molecule has 0 fully saturated rings. The Morgan fingerprint density at radius 1 is 1.08 bits per heavy atom. The van der Waals surface area contributed by atoms with Gasteiger partial charge < -0.3 is 10.5 Å². The number of carbonyl (C=O) groups is 2. The third-order valence-corrected chi connectivity index (χ3v) is 4.59. The van der Waals surface area contributed by atoms with E-state index in [0.29, 0.717) is 12.0 Å². The highest BCUT2D eigenvalue weighted by molar-refractivity contribution is 7.18. The zero-order valence-corrected chi connectivity index (χ0v) is 13.7. The molecule has 1 amide bonds. The van der Waals surface area contributed by atoms with Gasteiger partial charge in [-0.25, -0.2) is 4.98 Å². The topological polar surface area (TPSA) is 82.3 Å². The fourth-order valence-electron chi connectivity index (χ4n) is 2.34. The van der Waals surface area contributed by atoms with E-state index in [4.69, 9.17) is 10.5 Å². The number of carbonyl (C=O) groups excluding carboxylic acids is 2. The van der Waals surface area contributed by atoms with Gasteiger partial charge in [0.1, 0.15) is 0 Å². The van der Waals surface area contributed by atoms with E-state index in [-0.39, 0.29) is 6.42 Å². The van der Waals surface area contributed by atoms with Crippen LogP contribution in [0.5, 0.6) is 0 Å². The lowest BCUT2D eigenvalue weighted by molar-refractivity contribution is -0.155. The second kappa shape index (κ2) is 7.23. The highest BCUT2D eigenvalue weighted by atomic mass is 32.1. The lowest BCUT2D eigenvalue weighted by Crippen LogP contribution is -2.26. The van der Waals surface area contributed by atoms with Gasteiger partial charge >= 0.3 is 5.97 Å². The number of amides is 1. The molecule has 1 heterocycles. The molecule has 0 aliphatic heterocycles. The molecule has 3 aromatic rings. The zero-order valence-electron chi connectivity index (χ0n) is 12.8. The van der Waals surface area contributed by atoms with Crippen molar-refractivity contribution >= 4 is 33.4 Å². The minimum atomic E-state index is -1.06. The average Bonchev–Trinajstić information content (AvgIpc) is 3.01. The molecule has 0 saturated heterocycles. The van der Waals surface area contributed by atoms with E-state index in [2.05, 4.69) is 4.98 Å². The molecular formula is C18H16N2O3S. The summed E-state index contributed by atoms with van der Waals surface area (Å²) < 4.78 is 6.34. The second-order valence-electron chi connectivity index (χ2n) is 5.26. The summed E-state index contributed by atoms with van der Waals surface area (Å²) in [5.41, 5.74) is 6.84. The maximum Gasteiger partial charge on any atom is 0.307 e. The van der Waals surface area contributed by atoms with Crippen LogP contribution in [0.25, 0.3) is 10.2 Å². The van der Waals surface area contributed by atoms with Crippen LogP contribution in [0.2, 0.25) is 0 Å². The van der Waals surface area contributed by atoms with Crippen LogP contribution >= 0.6 is 11.3 Å². The number of benzene rings is 2. The van der Waals surface area contributed by atoms with Crippen LogP contribution in [0.4, 0.5) is 0 Å². The van der Waals surface area contributed by atoms with Gasteiger partial charge in [0, 0.05) is 12.0 Å². The Bertz CT molecular complexity index is 828. The fraction of sp³-hybridized carbons (Fsp3) is 0.167. The summed E-state index contributed by atoms with van der Waals surface area (Å²) in [6.45, 7) is 0. The molecule has 122 valence electrons. The molecule has 0 saturated carbocycles. The molecule has 6 heteroatoms. The van der Waals surface area contributed by atoms with E-state index in [0.717, 1.165) is 15.2 Å². The normalized spacial score (nSPS) is 12.0. The van der Waals surface area contributed by atoms with E-state index in [1.165, 1.54) is 0 Å². The zero-order chi connectivity index (χ0) is 16.9. The van der Waals surface area contributed by atoms with Gasteiger partial charge in [-0.2, -0.15) is 0 Å². The van der Waals surface area contributed by atoms with E-state index in [1.807, 2.05) is 30.3 Å². The summed E-state index contributed by atoms with van der Waals surface area (Å²) in [6, 6.07) is 16.6. The Labute approximate surface area is 143 Å². The molecule has 0 radical (unpaired) electrons. The van der Waals surface area contributed by atoms with Gasteiger partial charge in [-0.1, -0.05) is 42.5 Å². The predicted octanol–water partition coefficient (Wildman–Crippen LogP) is 3.00. The van der Waals surface area contributed by atoms with E-state index >= 15 is 0 Å². The van der Waals surface area contributed by atoms with Crippen LogP contribution in [0.3, 0.4) is 0 Å². The lowest BCUT2D eigenvalue weighted by atomic mass is 10.1. The van der Waals surface area contributed by atoms with Crippen LogP contribution in [-0.2, 0) is 20.7 Å². The monoisotopic (exact) mass is 340 g/mol. The standard InChI is InChI=1S/C18H16N2O3S/c19-18(22)17(12-6-2-1-3-7-12)23-16(21)11-10-15-20-13-8-4-5-9-14(13)24-15/h1-9,17H,10-11H2,(H2,19,22)/t17-/m1/s1. The number of thiazole rings is 1. The minimum Gasteiger partial charge on any atom is -0.447 e. The molecule has 0 unspecified atom stereocenters. The predicted molar refractivity (Wildman–Crippen MR) is 92.4 cm³/mol. The van der Waals surface area contributed by atoms with Crippen molar-refractivity contribution in [3.63, 3.8) is 0 Å². The number of fused-ring (bicyclic) bond motifs is 1. The Morgan fingerprint density at radius 2 is 1.79 bits per heavy atom. The first-order valence-electron chi connectivity index (χ1n) is 7.51. The third-order valence-electron chi connectivity index (χ3n) is 3.49. The number of aryl methyl sites for hydroxylation is 1. The fourth-order valence-corrected chi connectivity index (χ4v) is 3.31. The number of nitrogens with two attached hydrogens (primary N) is 1. The molecular weight excluding hydrogens is 324 g/mol. The van der Waals surface area contributed by atoms with E-state index in [1.54, 1.807) is 35.6 Å². The number of esters is 1. The molecule has 1 atom stereocenters. The number of hydrogen-bond donors (Lipinski definition) is 1. The summed E-state index contributed by atoms with van der Waals surface area (Å²) >= 11 is 1.55. The quantitative estimate of drug-likeness (QED) is 0.699. The minimum absolute atomic E-state index is 0.149. The van der Waals surface area contributed by atoms with Gasteiger partial charge in [0.15, 0.2) is 0 Å². The van der Waals surface area contributed by atoms with Gasteiger partial charge in [-0.15, -0.1) is 11.3 Å². The number of ether oxygens (including phenoxy) is 1. The van der Waals surface area contributed by atoms with Crippen LogP contribution in [-0.4, -0.2) is 16.9 Å². The first kappa shape index (κ1) is 16.1. The average molecular weight is 340 g/mol. The summed E-state index contributed by atoms with van der Waals surface area (Å²) in [5.74, 6) is -1.16. The number of nitrogens with zero attached hydrogens (tertiary/aromatic N) is 1. The van der Waals surface area contributed by atoms with E-state index in [9.17, 15) is 9.59 Å². The third kappa shape index (κ3) is 3.78. The van der Waals surface area contributed by atoms with Crippen molar-refractivity contribution in [3.8, 4) is 0 Å². The molecule has 5 nitrogen and oxygen atoms in total. The van der Waals surface area contributed by atoms with Gasteiger partial charge in [0.2, 0.25) is 6.10 Å². The Hall–Kier alpha value is -2.73. The lowest BCUT2D eigenvalue weighted by Gasteiger charge is -2.14. The van der Waals surface area contributed by atoms with Gasteiger partial charge in [0.05, 0.1) is 21.6 Å². The second-order valence-corrected chi connectivity index (χ2v) is 6.37. The highest BCUT2D eigenvalue weighted by Gasteiger charge is 2.22. The van der Waals surface area contributed by atoms with Crippen LogP contribution in [0, 0.1) is 0 Å². The maximum absolute atomic E-state index is 12.1. The molecule has 2 aromatic carbocycles. The molecule has 0 spiro atoms. The smallest absolute Gasteiger partial charge is 0.307 e. The Kier molecular flexibility index (Phi) is 4.86. The molecule has 0 bridgehead atoms. The van der Waals surface area contributed by atoms with Crippen molar-refractivity contribution in [2.45, 2.75) is 18.9 Å². The number of hydrogen-bond acceptors (Lipinski definition) is 5. The van der Waals surface area contributed by atoms with E-state index < -0.39 is 18.0 Å². The highest BCUT2D eigenvalue weighted by Crippen LogP contribution is 2.23. The number of primary amides is 1. The largest absolute Gasteiger partial charge is 0.447 e. The van der Waals surface area contributed by atoms with Gasteiger partial charge in [-0.3, -0.25) is 9.59 Å². The van der Waals surface area contributed by atoms with Gasteiger partial charge in [-0.05, 0) is 12.1 Å². The van der Waals surface area contributed by atoms with Crippen LogP contribution < -0.4 is 5.73 Å². The number of rotatable bonds is 6. The van der Waals surface area contributed by atoms with Crippen molar-refractivity contribution in [3.05, 3.63) is 65.2 Å². The Morgan fingerprint density at radius 3 is 2.50 bits per heavy atom. The SMILES string of the molecule is NC(=O)[C@H](OC(=O)CCc1nc2ccccc2s1)c1ccccc1. The number of aromatic nitrogens is 1. The molecule has 2 N–H and O–H groups in total. The molecule has 0 aliphatic carbocycles. The summed E-state index contributed by atoms with van der Waals surface area (Å²) in [6.07, 6.45) is -0.441. The van der Waals surface area contributed by atoms with Crippen molar-refractivity contribution in [2.24, 2.45) is 5.73 Å².